The topological polar surface area (TPSA) is 41.6 Å². The lowest BCUT2D eigenvalue weighted by atomic mass is 9.76. The van der Waals surface area contributed by atoms with E-state index in [0.717, 1.165) is 32.4 Å². The number of amides is 1. The molecule has 2 heterocycles. The van der Waals surface area contributed by atoms with Crippen molar-refractivity contribution in [3.05, 3.63) is 0 Å². The summed E-state index contributed by atoms with van der Waals surface area (Å²) in [4.78, 5) is 15.2. The summed E-state index contributed by atoms with van der Waals surface area (Å²) in [6.07, 6.45) is 7.31. The van der Waals surface area contributed by atoms with Crippen LogP contribution in [0.15, 0.2) is 0 Å². The summed E-state index contributed by atoms with van der Waals surface area (Å²) in [5.41, 5.74) is 0.0673. The fraction of sp³-hybridized carbons (Fsp3) is 0.938. The van der Waals surface area contributed by atoms with E-state index in [1.165, 1.54) is 19.3 Å². The van der Waals surface area contributed by atoms with Gasteiger partial charge in [-0.1, -0.05) is 26.7 Å². The number of carbonyl (C=O) groups is 1. The molecule has 4 heteroatoms. The average Bonchev–Trinajstić information content (AvgIpc) is 2.45. The monoisotopic (exact) mass is 280 g/mol. The Morgan fingerprint density at radius 1 is 1.25 bits per heavy atom. The van der Waals surface area contributed by atoms with Crippen molar-refractivity contribution in [3.63, 3.8) is 0 Å². The number of piperidine rings is 1. The van der Waals surface area contributed by atoms with Crippen LogP contribution in [-0.4, -0.2) is 48.7 Å². The van der Waals surface area contributed by atoms with Gasteiger partial charge in [0.1, 0.15) is 0 Å². The predicted octanol–water partition coefficient (Wildman–Crippen LogP) is 1.93. The summed E-state index contributed by atoms with van der Waals surface area (Å²) in [6.45, 7) is 6.90. The maximum absolute atomic E-state index is 13.0. The summed E-state index contributed by atoms with van der Waals surface area (Å²) in [7, 11) is 0. The Labute approximate surface area is 122 Å². The number of nitrogens with one attached hydrogen (secondary N) is 1. The van der Waals surface area contributed by atoms with Gasteiger partial charge in [0.25, 0.3) is 0 Å². The van der Waals surface area contributed by atoms with Crippen LogP contribution in [0.1, 0.15) is 52.4 Å². The minimum absolute atomic E-state index is 0.0167. The molecule has 0 aromatic rings. The summed E-state index contributed by atoms with van der Waals surface area (Å²) in [5, 5.41) is 3.47. The predicted molar refractivity (Wildman–Crippen MR) is 78.5 cm³/mol. The number of carbonyl (C=O) groups excluding carboxylic acids is 1. The van der Waals surface area contributed by atoms with E-state index < -0.39 is 0 Å². The molecular formula is C16H28N2O2. The average molecular weight is 280 g/mol. The molecule has 2 aliphatic heterocycles. The highest BCUT2D eigenvalue weighted by Crippen LogP contribution is 2.34. The van der Waals surface area contributed by atoms with Gasteiger partial charge in [0.15, 0.2) is 0 Å². The van der Waals surface area contributed by atoms with Crippen LogP contribution in [0.3, 0.4) is 0 Å². The van der Waals surface area contributed by atoms with Crippen molar-refractivity contribution in [2.45, 2.75) is 70.6 Å². The van der Waals surface area contributed by atoms with Crippen molar-refractivity contribution in [3.8, 4) is 0 Å². The first-order valence-electron chi connectivity index (χ1n) is 8.25. The van der Waals surface area contributed by atoms with Crippen molar-refractivity contribution in [2.24, 2.45) is 5.41 Å². The standard InChI is InChI=1S/C16H28N2O2/c1-16(2)8-5-9-17-14(16)15(19)18-10-11-20-13-7-4-3-6-12(13)18/h12-14,17H,3-11H2,1-2H3. The Morgan fingerprint density at radius 3 is 2.85 bits per heavy atom. The number of fused-ring (bicyclic) bond motifs is 1. The van der Waals surface area contributed by atoms with Gasteiger partial charge in [-0.2, -0.15) is 0 Å². The van der Waals surface area contributed by atoms with Crippen LogP contribution in [-0.2, 0) is 9.53 Å². The van der Waals surface area contributed by atoms with E-state index in [1.54, 1.807) is 0 Å². The largest absolute Gasteiger partial charge is 0.374 e. The second-order valence-electron chi connectivity index (χ2n) is 7.27. The van der Waals surface area contributed by atoms with Gasteiger partial charge in [-0.05, 0) is 37.6 Å². The molecule has 4 nitrogen and oxygen atoms in total. The van der Waals surface area contributed by atoms with Crippen LogP contribution in [0, 0.1) is 5.41 Å². The maximum Gasteiger partial charge on any atom is 0.240 e. The van der Waals surface area contributed by atoms with Crippen molar-refractivity contribution < 1.29 is 9.53 Å². The zero-order valence-corrected chi connectivity index (χ0v) is 12.9. The first kappa shape index (κ1) is 14.3. The molecule has 0 radical (unpaired) electrons. The molecule has 0 bridgehead atoms. The van der Waals surface area contributed by atoms with Crippen molar-refractivity contribution >= 4 is 5.91 Å². The molecule has 1 amide bonds. The number of ether oxygens (including phenoxy) is 1. The summed E-state index contributed by atoms with van der Waals surface area (Å²) in [6, 6.07) is 0.307. The van der Waals surface area contributed by atoms with E-state index in [1.807, 2.05) is 0 Å². The Morgan fingerprint density at radius 2 is 2.05 bits per heavy atom. The number of rotatable bonds is 1. The molecule has 3 fully saturated rings. The highest BCUT2D eigenvalue weighted by atomic mass is 16.5. The Hall–Kier alpha value is -0.610. The van der Waals surface area contributed by atoms with Crippen LogP contribution in [0.2, 0.25) is 0 Å². The highest BCUT2D eigenvalue weighted by molar-refractivity contribution is 5.83. The van der Waals surface area contributed by atoms with Gasteiger partial charge in [-0.3, -0.25) is 4.79 Å². The minimum Gasteiger partial charge on any atom is -0.374 e. The lowest BCUT2D eigenvalue weighted by Crippen LogP contribution is -2.62. The molecule has 1 saturated carbocycles. The van der Waals surface area contributed by atoms with Crippen molar-refractivity contribution in [1.82, 2.24) is 10.2 Å². The molecule has 3 atom stereocenters. The molecule has 20 heavy (non-hydrogen) atoms. The van der Waals surface area contributed by atoms with E-state index in [9.17, 15) is 4.79 Å². The smallest absolute Gasteiger partial charge is 0.240 e. The van der Waals surface area contributed by atoms with Crippen LogP contribution >= 0.6 is 0 Å². The Bertz CT molecular complexity index is 367. The third-order valence-corrected chi connectivity index (χ3v) is 5.39. The normalized spacial score (nSPS) is 37.3. The SMILES string of the molecule is CC1(C)CCCNC1C(=O)N1CCOC2CCCCC21. The van der Waals surface area contributed by atoms with Crippen LogP contribution < -0.4 is 5.32 Å². The minimum atomic E-state index is -0.0167. The van der Waals surface area contributed by atoms with E-state index in [-0.39, 0.29) is 17.6 Å². The summed E-state index contributed by atoms with van der Waals surface area (Å²) < 4.78 is 5.89. The third-order valence-electron chi connectivity index (χ3n) is 5.39. The first-order valence-corrected chi connectivity index (χ1v) is 8.25. The molecule has 3 aliphatic rings. The number of morpholine rings is 1. The molecule has 2 saturated heterocycles. The van der Waals surface area contributed by atoms with Crippen LogP contribution in [0.25, 0.3) is 0 Å². The lowest BCUT2D eigenvalue weighted by molar-refractivity contribution is -0.155. The zero-order chi connectivity index (χ0) is 14.2. The molecule has 1 aliphatic carbocycles. The second kappa shape index (κ2) is 5.64. The summed E-state index contributed by atoms with van der Waals surface area (Å²) in [5.74, 6) is 0.315. The quantitative estimate of drug-likeness (QED) is 0.798. The molecule has 3 rings (SSSR count). The van der Waals surface area contributed by atoms with E-state index in [0.29, 0.717) is 18.6 Å². The van der Waals surface area contributed by atoms with Gasteiger partial charge in [0, 0.05) is 6.54 Å². The van der Waals surface area contributed by atoms with E-state index >= 15 is 0 Å². The van der Waals surface area contributed by atoms with Crippen LogP contribution in [0.5, 0.6) is 0 Å². The molecule has 114 valence electrons. The van der Waals surface area contributed by atoms with Gasteiger partial charge in [0.05, 0.1) is 24.8 Å². The number of hydrogen-bond donors (Lipinski definition) is 1. The van der Waals surface area contributed by atoms with Gasteiger partial charge >= 0.3 is 0 Å². The Balaban J connectivity index is 1.74. The fourth-order valence-electron chi connectivity index (χ4n) is 4.17. The lowest BCUT2D eigenvalue weighted by Gasteiger charge is -2.47. The molecule has 0 spiro atoms. The number of hydrogen-bond acceptors (Lipinski definition) is 3. The maximum atomic E-state index is 13.0. The second-order valence-corrected chi connectivity index (χ2v) is 7.27. The molecule has 0 aromatic carbocycles. The Kier molecular flexibility index (Phi) is 4.04. The molecular weight excluding hydrogens is 252 g/mol. The first-order chi connectivity index (χ1) is 9.59. The third kappa shape index (κ3) is 2.60. The van der Waals surface area contributed by atoms with Gasteiger partial charge in [-0.25, -0.2) is 0 Å². The highest BCUT2D eigenvalue weighted by Gasteiger charge is 2.44. The van der Waals surface area contributed by atoms with Gasteiger partial charge in [0.2, 0.25) is 5.91 Å². The van der Waals surface area contributed by atoms with Crippen molar-refractivity contribution in [1.29, 1.82) is 0 Å². The number of nitrogens with zero attached hydrogens (tertiary/aromatic N) is 1. The zero-order valence-electron chi connectivity index (χ0n) is 12.9. The van der Waals surface area contributed by atoms with Gasteiger partial charge in [-0.15, -0.1) is 0 Å². The molecule has 3 unspecified atom stereocenters. The molecule has 1 N–H and O–H groups in total. The molecule has 0 aromatic heterocycles. The van der Waals surface area contributed by atoms with Crippen LogP contribution in [0.4, 0.5) is 0 Å². The van der Waals surface area contributed by atoms with Crippen molar-refractivity contribution in [2.75, 3.05) is 19.7 Å². The van der Waals surface area contributed by atoms with E-state index in [4.69, 9.17) is 4.74 Å². The fourth-order valence-corrected chi connectivity index (χ4v) is 4.17. The van der Waals surface area contributed by atoms with E-state index in [2.05, 4.69) is 24.1 Å². The summed E-state index contributed by atoms with van der Waals surface area (Å²) >= 11 is 0. The van der Waals surface area contributed by atoms with Gasteiger partial charge < -0.3 is 15.0 Å².